The van der Waals surface area contributed by atoms with Gasteiger partial charge >= 0.3 is 0 Å². The van der Waals surface area contributed by atoms with E-state index < -0.39 is 10.1 Å². The fraction of sp³-hybridized carbons (Fsp3) is 0.722. The molecule has 1 aromatic carbocycles. The first-order chi connectivity index (χ1) is 18.9. The van der Waals surface area contributed by atoms with Gasteiger partial charge in [0.15, 0.2) is 0 Å². The molecule has 0 aromatic heterocycles. The largest absolute Gasteiger partial charge is 0.297 e. The van der Waals surface area contributed by atoms with Crippen LogP contribution >= 0.6 is 0 Å². The van der Waals surface area contributed by atoms with Crippen LogP contribution in [0.3, 0.4) is 0 Å². The minimum atomic E-state index is -3.74. The molecule has 9 atom stereocenters. The van der Waals surface area contributed by atoms with Crippen LogP contribution in [-0.2, 0) is 14.3 Å². The lowest BCUT2D eigenvalue weighted by molar-refractivity contribution is -0.0523. The topological polar surface area (TPSA) is 43.4 Å². The van der Waals surface area contributed by atoms with Gasteiger partial charge in [-0.1, -0.05) is 83.0 Å². The van der Waals surface area contributed by atoms with Crippen molar-refractivity contribution in [2.45, 2.75) is 117 Å². The number of aryl methyl sites for hydroxylation is 1. The molecule has 0 aliphatic heterocycles. The van der Waals surface area contributed by atoms with Gasteiger partial charge in [0.25, 0.3) is 10.1 Å². The molecule has 0 N–H and O–H groups in total. The van der Waals surface area contributed by atoms with Gasteiger partial charge in [-0.15, -0.1) is 0 Å². The predicted octanol–water partition coefficient (Wildman–Crippen LogP) is 9.52. The first kappa shape index (κ1) is 30.1. The second kappa shape index (κ2) is 11.4. The number of rotatable bonds is 8. The van der Waals surface area contributed by atoms with Gasteiger partial charge in [-0.05, 0) is 129 Å². The highest BCUT2D eigenvalue weighted by Crippen LogP contribution is 2.67. The Morgan fingerprint density at radius 3 is 2.38 bits per heavy atom. The van der Waals surface area contributed by atoms with E-state index in [2.05, 4.69) is 59.8 Å². The lowest BCUT2D eigenvalue weighted by Crippen LogP contribution is -2.51. The van der Waals surface area contributed by atoms with Gasteiger partial charge in [0, 0.05) is 0 Å². The monoisotopic (exact) mass is 566 g/mol. The van der Waals surface area contributed by atoms with Crippen LogP contribution in [0.2, 0.25) is 0 Å². The van der Waals surface area contributed by atoms with Crippen LogP contribution in [0.4, 0.5) is 0 Å². The smallest absolute Gasteiger partial charge is 0.263 e. The number of hydrogen-bond acceptors (Lipinski definition) is 3. The highest BCUT2D eigenvalue weighted by Gasteiger charge is 2.59. The highest BCUT2D eigenvalue weighted by molar-refractivity contribution is 7.86. The SMILES string of the molecule is CC[C@@H](/C=C/[C@@H](C)[C@H]1CC[C@H]2[C@@H]3CC=C4C[C@@H](OS(=O)(=O)c5ccc(C)cc5)CC[C@]4(C)[C@H]3CC[C@]12C)C(C)C. The average Bonchev–Trinajstić information content (AvgIpc) is 3.26. The van der Waals surface area contributed by atoms with Crippen molar-refractivity contribution in [1.82, 2.24) is 0 Å². The van der Waals surface area contributed by atoms with E-state index in [0.717, 1.165) is 54.9 Å². The molecule has 0 radical (unpaired) electrons. The second-order valence-electron chi connectivity index (χ2n) is 14.8. The summed E-state index contributed by atoms with van der Waals surface area (Å²) in [4.78, 5) is 0.268. The molecule has 3 saturated carbocycles. The molecule has 222 valence electrons. The summed E-state index contributed by atoms with van der Waals surface area (Å²) in [5.74, 6) is 5.13. The molecule has 3 fully saturated rings. The molecule has 4 aliphatic rings. The molecule has 0 spiro atoms. The molecule has 3 nitrogen and oxygen atoms in total. The van der Waals surface area contributed by atoms with E-state index in [0.29, 0.717) is 23.2 Å². The minimum absolute atomic E-state index is 0.187. The van der Waals surface area contributed by atoms with Crippen molar-refractivity contribution < 1.29 is 12.6 Å². The summed E-state index contributed by atoms with van der Waals surface area (Å²) < 4.78 is 31.9. The molecule has 0 amide bonds. The van der Waals surface area contributed by atoms with Gasteiger partial charge in [-0.3, -0.25) is 4.18 Å². The molecule has 40 heavy (non-hydrogen) atoms. The molecule has 4 heteroatoms. The summed E-state index contributed by atoms with van der Waals surface area (Å²) in [6, 6.07) is 7.01. The summed E-state index contributed by atoms with van der Waals surface area (Å²) in [6.45, 7) is 16.6. The molecule has 4 aliphatic carbocycles. The van der Waals surface area contributed by atoms with E-state index in [9.17, 15) is 8.42 Å². The first-order valence-electron chi connectivity index (χ1n) is 16.3. The maximum absolute atomic E-state index is 13.0. The van der Waals surface area contributed by atoms with E-state index in [1.807, 2.05) is 19.1 Å². The summed E-state index contributed by atoms with van der Waals surface area (Å²) in [6.07, 6.45) is 17.8. The van der Waals surface area contributed by atoms with Crippen molar-refractivity contribution in [2.75, 3.05) is 0 Å². The van der Waals surface area contributed by atoms with E-state index >= 15 is 0 Å². The van der Waals surface area contributed by atoms with Crippen LogP contribution < -0.4 is 0 Å². The fourth-order valence-corrected chi connectivity index (χ4v) is 10.9. The number of benzene rings is 1. The molecule has 0 unspecified atom stereocenters. The summed E-state index contributed by atoms with van der Waals surface area (Å²) in [5, 5.41) is 0. The molecular formula is C36H54O3S. The Bertz CT molecular complexity index is 1210. The molecular weight excluding hydrogens is 512 g/mol. The molecule has 0 saturated heterocycles. The van der Waals surface area contributed by atoms with Gasteiger partial charge < -0.3 is 0 Å². The lowest BCUT2D eigenvalue weighted by atomic mass is 9.47. The number of fused-ring (bicyclic) bond motifs is 5. The Labute approximate surface area is 245 Å². The zero-order valence-corrected chi connectivity index (χ0v) is 27.0. The van der Waals surface area contributed by atoms with Crippen LogP contribution in [-0.4, -0.2) is 14.5 Å². The zero-order valence-electron chi connectivity index (χ0n) is 26.2. The minimum Gasteiger partial charge on any atom is -0.263 e. The van der Waals surface area contributed by atoms with E-state index in [1.54, 1.807) is 12.1 Å². The normalized spacial score (nSPS) is 37.5. The standard InChI is InChI=1S/C36H54O3S/c1-8-27(24(2)3)12-11-26(5)32-17-18-33-31-16-13-28-23-29(39-40(37,38)30-14-9-25(4)10-15-30)19-21-35(28,6)34(31)20-22-36(32,33)7/h9-15,24,26-27,29,31-34H,8,16-23H2,1-7H3/b12-11+/t26-,27+,29+,31+,32-,33+,34+,35+,36-/m1/s1. The van der Waals surface area contributed by atoms with E-state index in [4.69, 9.17) is 4.18 Å². The van der Waals surface area contributed by atoms with Gasteiger partial charge in [-0.2, -0.15) is 8.42 Å². The zero-order chi connectivity index (χ0) is 28.9. The van der Waals surface area contributed by atoms with Crippen molar-refractivity contribution in [3.63, 3.8) is 0 Å². The van der Waals surface area contributed by atoms with E-state index in [-0.39, 0.29) is 16.4 Å². The van der Waals surface area contributed by atoms with Gasteiger partial charge in [0.2, 0.25) is 0 Å². The van der Waals surface area contributed by atoms with Gasteiger partial charge in [0.1, 0.15) is 0 Å². The quantitative estimate of drug-likeness (QED) is 0.232. The Morgan fingerprint density at radius 1 is 0.975 bits per heavy atom. The molecule has 0 heterocycles. The van der Waals surface area contributed by atoms with Gasteiger partial charge in [0.05, 0.1) is 11.0 Å². The third kappa shape index (κ3) is 5.41. The molecule has 5 rings (SSSR count). The van der Waals surface area contributed by atoms with Crippen LogP contribution in [0.5, 0.6) is 0 Å². The summed E-state index contributed by atoms with van der Waals surface area (Å²) in [7, 11) is -3.74. The van der Waals surface area contributed by atoms with Crippen molar-refractivity contribution >= 4 is 10.1 Å². The lowest BCUT2D eigenvalue weighted by Gasteiger charge is -2.58. The van der Waals surface area contributed by atoms with Crippen LogP contribution in [0.1, 0.15) is 105 Å². The average molecular weight is 567 g/mol. The Morgan fingerprint density at radius 2 is 1.70 bits per heavy atom. The highest BCUT2D eigenvalue weighted by atomic mass is 32.2. The van der Waals surface area contributed by atoms with E-state index in [1.165, 1.54) is 37.7 Å². The van der Waals surface area contributed by atoms with Crippen LogP contribution in [0.15, 0.2) is 53.0 Å². The third-order valence-electron chi connectivity index (χ3n) is 12.3. The Hall–Kier alpha value is -1.39. The maximum atomic E-state index is 13.0. The fourth-order valence-electron chi connectivity index (χ4n) is 9.84. The van der Waals surface area contributed by atoms with Crippen LogP contribution in [0, 0.1) is 59.2 Å². The predicted molar refractivity (Wildman–Crippen MR) is 165 cm³/mol. The van der Waals surface area contributed by atoms with Crippen molar-refractivity contribution in [1.29, 1.82) is 0 Å². The van der Waals surface area contributed by atoms with Crippen molar-refractivity contribution in [3.05, 3.63) is 53.6 Å². The molecule has 0 bridgehead atoms. The summed E-state index contributed by atoms with van der Waals surface area (Å²) >= 11 is 0. The van der Waals surface area contributed by atoms with Gasteiger partial charge in [-0.25, -0.2) is 0 Å². The Kier molecular flexibility index (Phi) is 8.54. The third-order valence-corrected chi connectivity index (χ3v) is 13.7. The van der Waals surface area contributed by atoms with Crippen LogP contribution in [0.25, 0.3) is 0 Å². The van der Waals surface area contributed by atoms with Crippen molar-refractivity contribution in [3.8, 4) is 0 Å². The number of hydrogen-bond donors (Lipinski definition) is 0. The second-order valence-corrected chi connectivity index (χ2v) is 16.3. The maximum Gasteiger partial charge on any atom is 0.297 e. The number of allylic oxidation sites excluding steroid dienone is 3. The first-order valence-corrected chi connectivity index (χ1v) is 17.7. The molecule has 1 aromatic rings. The Balaban J connectivity index is 1.28. The van der Waals surface area contributed by atoms with Crippen molar-refractivity contribution in [2.24, 2.45) is 52.3 Å². The summed E-state index contributed by atoms with van der Waals surface area (Å²) in [5.41, 5.74) is 3.15.